The zero-order valence-corrected chi connectivity index (χ0v) is 15.9. The number of nitrogens with zero attached hydrogens (tertiary/aromatic N) is 4. The molecule has 0 saturated carbocycles. The van der Waals surface area contributed by atoms with E-state index in [1.165, 1.54) is 11.0 Å². The standard InChI is InChI=1S/C17H15N5O3S2/c1-12-14(21-22(20-12)13-5-3-2-4-6-13)11-19-27(23,24)17-8-7-16(26-17)15-9-10-18-25-15/h2-10,19H,11H2,1H3. The summed E-state index contributed by atoms with van der Waals surface area (Å²) in [5.74, 6) is 0.531. The van der Waals surface area contributed by atoms with E-state index in [-0.39, 0.29) is 10.8 Å². The van der Waals surface area contributed by atoms with E-state index in [1.54, 1.807) is 25.1 Å². The predicted molar refractivity (Wildman–Crippen MR) is 99.9 cm³/mol. The summed E-state index contributed by atoms with van der Waals surface area (Å²) in [5.41, 5.74) is 2.04. The summed E-state index contributed by atoms with van der Waals surface area (Å²) >= 11 is 1.11. The van der Waals surface area contributed by atoms with E-state index in [9.17, 15) is 8.42 Å². The smallest absolute Gasteiger partial charge is 0.250 e. The second-order valence-corrected chi connectivity index (χ2v) is 8.75. The van der Waals surface area contributed by atoms with Gasteiger partial charge in [-0.25, -0.2) is 13.1 Å². The summed E-state index contributed by atoms with van der Waals surface area (Å²) in [5, 5.41) is 12.4. The van der Waals surface area contributed by atoms with E-state index in [2.05, 4.69) is 20.1 Å². The molecule has 1 aromatic carbocycles. The van der Waals surface area contributed by atoms with Gasteiger partial charge in [-0.1, -0.05) is 23.4 Å². The van der Waals surface area contributed by atoms with Crippen molar-refractivity contribution >= 4 is 21.4 Å². The van der Waals surface area contributed by atoms with E-state index >= 15 is 0 Å². The highest BCUT2D eigenvalue weighted by atomic mass is 32.2. The maximum absolute atomic E-state index is 12.6. The normalized spacial score (nSPS) is 11.7. The minimum Gasteiger partial charge on any atom is -0.355 e. The minimum atomic E-state index is -3.67. The number of rotatable bonds is 6. The molecule has 4 aromatic rings. The summed E-state index contributed by atoms with van der Waals surface area (Å²) in [7, 11) is -3.67. The highest BCUT2D eigenvalue weighted by Gasteiger charge is 2.19. The maximum Gasteiger partial charge on any atom is 0.250 e. The van der Waals surface area contributed by atoms with Crippen molar-refractivity contribution in [3.05, 3.63) is 66.1 Å². The largest absolute Gasteiger partial charge is 0.355 e. The molecule has 0 atom stereocenters. The monoisotopic (exact) mass is 401 g/mol. The van der Waals surface area contributed by atoms with Gasteiger partial charge in [0.15, 0.2) is 5.76 Å². The first kappa shape index (κ1) is 17.6. The van der Waals surface area contributed by atoms with Gasteiger partial charge in [-0.3, -0.25) is 0 Å². The quantitative estimate of drug-likeness (QED) is 0.533. The van der Waals surface area contributed by atoms with Gasteiger partial charge in [0, 0.05) is 6.07 Å². The first-order valence-corrected chi connectivity index (χ1v) is 10.3. The summed E-state index contributed by atoms with van der Waals surface area (Å²) in [6.07, 6.45) is 1.51. The number of benzene rings is 1. The fourth-order valence-corrected chi connectivity index (χ4v) is 4.72. The van der Waals surface area contributed by atoms with Gasteiger partial charge in [0.2, 0.25) is 10.0 Å². The molecule has 3 aromatic heterocycles. The fraction of sp³-hybridized carbons (Fsp3) is 0.118. The molecule has 10 heteroatoms. The number of aromatic nitrogens is 4. The topological polar surface area (TPSA) is 103 Å². The minimum absolute atomic E-state index is 0.0521. The molecule has 0 fully saturated rings. The van der Waals surface area contributed by atoms with E-state index in [0.29, 0.717) is 22.0 Å². The highest BCUT2D eigenvalue weighted by molar-refractivity contribution is 7.91. The molecular weight excluding hydrogens is 386 g/mol. The van der Waals surface area contributed by atoms with Crippen LogP contribution < -0.4 is 4.72 Å². The van der Waals surface area contributed by atoms with Crippen LogP contribution in [0.2, 0.25) is 0 Å². The average molecular weight is 401 g/mol. The van der Waals surface area contributed by atoms with Gasteiger partial charge < -0.3 is 4.52 Å². The first-order valence-electron chi connectivity index (χ1n) is 8.02. The van der Waals surface area contributed by atoms with Gasteiger partial charge in [0.05, 0.1) is 29.0 Å². The molecule has 0 unspecified atom stereocenters. The number of hydrogen-bond acceptors (Lipinski definition) is 7. The fourth-order valence-electron chi connectivity index (χ4n) is 2.42. The van der Waals surface area contributed by atoms with Crippen molar-refractivity contribution in [2.24, 2.45) is 0 Å². The van der Waals surface area contributed by atoms with Crippen LogP contribution in [0.5, 0.6) is 0 Å². The molecule has 0 aliphatic rings. The Kier molecular flexibility index (Phi) is 4.60. The third kappa shape index (κ3) is 3.68. The SMILES string of the molecule is Cc1nn(-c2ccccc2)nc1CNS(=O)(=O)c1ccc(-c2ccno2)s1. The Hall–Kier alpha value is -2.82. The van der Waals surface area contributed by atoms with Gasteiger partial charge >= 0.3 is 0 Å². The number of nitrogens with one attached hydrogen (secondary N) is 1. The van der Waals surface area contributed by atoms with Crippen LogP contribution in [-0.2, 0) is 16.6 Å². The van der Waals surface area contributed by atoms with E-state index < -0.39 is 10.0 Å². The molecule has 0 aliphatic heterocycles. The Morgan fingerprint density at radius 3 is 2.67 bits per heavy atom. The highest BCUT2D eigenvalue weighted by Crippen LogP contribution is 2.30. The van der Waals surface area contributed by atoms with Crippen LogP contribution in [0.3, 0.4) is 0 Å². The first-order chi connectivity index (χ1) is 13.0. The molecule has 3 heterocycles. The van der Waals surface area contributed by atoms with Crippen LogP contribution in [0, 0.1) is 6.92 Å². The molecule has 0 spiro atoms. The number of sulfonamides is 1. The zero-order chi connectivity index (χ0) is 18.9. The van der Waals surface area contributed by atoms with Crippen molar-refractivity contribution in [1.82, 2.24) is 24.9 Å². The van der Waals surface area contributed by atoms with Gasteiger partial charge in [-0.15, -0.1) is 11.3 Å². The second kappa shape index (κ2) is 7.06. The second-order valence-electron chi connectivity index (χ2n) is 5.68. The number of thiophene rings is 1. The van der Waals surface area contributed by atoms with Crippen LogP contribution in [0.1, 0.15) is 11.4 Å². The third-order valence-corrected chi connectivity index (χ3v) is 6.81. The molecular formula is C17H15N5O3S2. The molecule has 8 nitrogen and oxygen atoms in total. The molecule has 1 N–H and O–H groups in total. The van der Waals surface area contributed by atoms with Crippen LogP contribution in [-0.4, -0.2) is 28.6 Å². The van der Waals surface area contributed by atoms with Crippen LogP contribution in [0.15, 0.2) is 63.5 Å². The summed E-state index contributed by atoms with van der Waals surface area (Å²) in [6.45, 7) is 1.85. The summed E-state index contributed by atoms with van der Waals surface area (Å²) in [6, 6.07) is 14.4. The molecule has 4 rings (SSSR count). The lowest BCUT2D eigenvalue weighted by Crippen LogP contribution is -2.23. The lowest BCUT2D eigenvalue weighted by atomic mass is 10.3. The summed E-state index contributed by atoms with van der Waals surface area (Å²) < 4.78 is 33.0. The van der Waals surface area contributed by atoms with Crippen LogP contribution >= 0.6 is 11.3 Å². The van der Waals surface area contributed by atoms with Crippen molar-refractivity contribution in [2.45, 2.75) is 17.7 Å². The van der Waals surface area contributed by atoms with Gasteiger partial charge in [-0.05, 0) is 31.2 Å². The van der Waals surface area contributed by atoms with Gasteiger partial charge in [0.25, 0.3) is 0 Å². The number of para-hydroxylation sites is 1. The molecule has 0 aliphatic carbocycles. The Morgan fingerprint density at radius 1 is 1.11 bits per heavy atom. The van der Waals surface area contributed by atoms with Crippen molar-refractivity contribution in [1.29, 1.82) is 0 Å². The molecule has 0 saturated heterocycles. The lowest BCUT2D eigenvalue weighted by Gasteiger charge is -2.03. The van der Waals surface area contributed by atoms with Crippen molar-refractivity contribution in [3.8, 4) is 16.3 Å². The van der Waals surface area contributed by atoms with E-state index in [0.717, 1.165) is 17.0 Å². The number of aryl methyl sites for hydroxylation is 1. The van der Waals surface area contributed by atoms with Crippen LogP contribution in [0.25, 0.3) is 16.3 Å². The molecule has 27 heavy (non-hydrogen) atoms. The molecule has 138 valence electrons. The molecule has 0 amide bonds. The third-order valence-electron chi connectivity index (χ3n) is 3.82. The van der Waals surface area contributed by atoms with Crippen LogP contribution in [0.4, 0.5) is 0 Å². The Morgan fingerprint density at radius 2 is 1.93 bits per heavy atom. The Labute approximate surface area is 159 Å². The van der Waals surface area contributed by atoms with E-state index in [4.69, 9.17) is 4.52 Å². The number of hydrogen-bond donors (Lipinski definition) is 1. The summed E-state index contributed by atoms with van der Waals surface area (Å²) in [4.78, 5) is 2.19. The lowest BCUT2D eigenvalue weighted by molar-refractivity contribution is 0.433. The van der Waals surface area contributed by atoms with Crippen molar-refractivity contribution < 1.29 is 12.9 Å². The van der Waals surface area contributed by atoms with Gasteiger partial charge in [-0.2, -0.15) is 15.0 Å². The van der Waals surface area contributed by atoms with E-state index in [1.807, 2.05) is 30.3 Å². The average Bonchev–Trinajstić information content (AvgIpc) is 3.41. The Bertz CT molecular complexity index is 1150. The predicted octanol–water partition coefficient (Wildman–Crippen LogP) is 2.77. The zero-order valence-electron chi connectivity index (χ0n) is 14.2. The Balaban J connectivity index is 1.51. The molecule has 0 radical (unpaired) electrons. The maximum atomic E-state index is 12.6. The molecule has 0 bridgehead atoms. The van der Waals surface area contributed by atoms with Crippen molar-refractivity contribution in [3.63, 3.8) is 0 Å². The van der Waals surface area contributed by atoms with Gasteiger partial charge in [0.1, 0.15) is 9.90 Å². The van der Waals surface area contributed by atoms with Crippen molar-refractivity contribution in [2.75, 3.05) is 0 Å².